The first-order chi connectivity index (χ1) is 3.91. The van der Waals surface area contributed by atoms with Gasteiger partial charge in [0.1, 0.15) is 0 Å². The molecule has 63 valence electrons. The van der Waals surface area contributed by atoms with Crippen LogP contribution in [0.25, 0.3) is 0 Å². The third kappa shape index (κ3) is 24.9. The van der Waals surface area contributed by atoms with Gasteiger partial charge in [-0.3, -0.25) is 6.08 Å². The van der Waals surface area contributed by atoms with Crippen LogP contribution in [0, 0.1) is 6.08 Å². The molecule has 0 bridgehead atoms. The SMILES string of the molecule is CNC.[C-]1=CC=CC1.[Cl-].[Cl-].[Ti+3]. The van der Waals surface area contributed by atoms with Crippen LogP contribution >= 0.6 is 0 Å². The maximum absolute atomic E-state index is 2.99. The van der Waals surface area contributed by atoms with Crippen LogP contribution in [0.1, 0.15) is 6.42 Å². The predicted octanol–water partition coefficient (Wildman–Crippen LogP) is -4.85. The second-order valence-corrected chi connectivity index (χ2v) is 1.50. The van der Waals surface area contributed by atoms with Gasteiger partial charge in [0, 0.05) is 0 Å². The summed E-state index contributed by atoms with van der Waals surface area (Å²) in [6, 6.07) is 0. The third-order valence-electron chi connectivity index (χ3n) is 0.586. The topological polar surface area (TPSA) is 12.0 Å². The van der Waals surface area contributed by atoms with Crippen LogP contribution in [0.2, 0.25) is 0 Å². The van der Waals surface area contributed by atoms with E-state index in [0.717, 1.165) is 6.42 Å². The fourth-order valence-electron chi connectivity index (χ4n) is 0.340. The van der Waals surface area contributed by atoms with Crippen LogP contribution in [0.4, 0.5) is 0 Å². The van der Waals surface area contributed by atoms with E-state index >= 15 is 0 Å². The molecular weight excluding hydrogens is 217 g/mol. The van der Waals surface area contributed by atoms with E-state index in [-0.39, 0.29) is 46.5 Å². The largest absolute Gasteiger partial charge is 3.00 e. The number of halogens is 2. The molecule has 0 heterocycles. The van der Waals surface area contributed by atoms with E-state index in [4.69, 9.17) is 0 Å². The number of hydrogen-bond acceptors (Lipinski definition) is 1. The van der Waals surface area contributed by atoms with Crippen molar-refractivity contribution in [2.24, 2.45) is 0 Å². The summed E-state index contributed by atoms with van der Waals surface area (Å²) >= 11 is 0. The van der Waals surface area contributed by atoms with Gasteiger partial charge in [0.05, 0.1) is 0 Å². The molecule has 0 unspecified atom stereocenters. The fourth-order valence-corrected chi connectivity index (χ4v) is 0.340. The van der Waals surface area contributed by atoms with Crippen molar-refractivity contribution >= 4 is 0 Å². The first kappa shape index (κ1) is 22.6. The third-order valence-corrected chi connectivity index (χ3v) is 0.586. The molecule has 0 aromatic heterocycles. The molecule has 0 aromatic rings. The Morgan fingerprint density at radius 2 is 1.73 bits per heavy atom. The molecule has 1 radical (unpaired) electrons. The molecule has 0 saturated heterocycles. The van der Waals surface area contributed by atoms with Crippen molar-refractivity contribution in [1.29, 1.82) is 0 Å². The Balaban J connectivity index is -0.0000000379. The molecule has 1 aliphatic carbocycles. The van der Waals surface area contributed by atoms with Gasteiger partial charge in [0.25, 0.3) is 0 Å². The molecule has 1 nitrogen and oxygen atoms in total. The first-order valence-electron chi connectivity index (χ1n) is 2.72. The van der Waals surface area contributed by atoms with E-state index in [1.807, 2.05) is 26.2 Å². The van der Waals surface area contributed by atoms with E-state index < -0.39 is 0 Å². The number of rotatable bonds is 0. The van der Waals surface area contributed by atoms with E-state index in [1.165, 1.54) is 0 Å². The summed E-state index contributed by atoms with van der Waals surface area (Å²) in [6.45, 7) is 0. The molecule has 0 fully saturated rings. The Kier molecular flexibility index (Phi) is 46.1. The van der Waals surface area contributed by atoms with E-state index in [0.29, 0.717) is 0 Å². The zero-order valence-corrected chi connectivity index (χ0v) is 9.77. The maximum atomic E-state index is 2.99. The summed E-state index contributed by atoms with van der Waals surface area (Å²) in [6.07, 6.45) is 10.0. The molecule has 11 heavy (non-hydrogen) atoms. The van der Waals surface area contributed by atoms with Crippen molar-refractivity contribution in [2.45, 2.75) is 6.42 Å². The zero-order valence-electron chi connectivity index (χ0n) is 6.70. The average molecular weight is 229 g/mol. The summed E-state index contributed by atoms with van der Waals surface area (Å²) < 4.78 is 0. The van der Waals surface area contributed by atoms with Gasteiger partial charge >= 0.3 is 21.7 Å². The van der Waals surface area contributed by atoms with E-state index in [2.05, 4.69) is 17.5 Å². The van der Waals surface area contributed by atoms with Crippen LogP contribution in [0.15, 0.2) is 18.2 Å². The van der Waals surface area contributed by atoms with Crippen LogP contribution in [0.5, 0.6) is 0 Å². The molecular formula is C7H12Cl2NTi. The Bertz CT molecular complexity index is 84.4. The second kappa shape index (κ2) is 22.4. The van der Waals surface area contributed by atoms with Crippen molar-refractivity contribution < 1.29 is 46.5 Å². The minimum Gasteiger partial charge on any atom is -1.00 e. The first-order valence-corrected chi connectivity index (χ1v) is 2.72. The standard InChI is InChI=1S/C5H5.C2H7N.2ClH.Ti/c1-2-4-5-3-1;1-3-2;;;/h1-3H,4H2;3H,1-2H3;2*1H;/q-1;;;;+3/p-2. The summed E-state index contributed by atoms with van der Waals surface area (Å²) in [5.74, 6) is 0. The number of hydrogen-bond donors (Lipinski definition) is 1. The van der Waals surface area contributed by atoms with Gasteiger partial charge in [-0.2, -0.15) is 6.08 Å². The molecule has 4 heteroatoms. The molecule has 0 saturated carbocycles. The van der Waals surface area contributed by atoms with Crippen LogP contribution < -0.4 is 30.1 Å². The van der Waals surface area contributed by atoms with Crippen LogP contribution in [-0.2, 0) is 21.7 Å². The van der Waals surface area contributed by atoms with Gasteiger partial charge in [0.15, 0.2) is 0 Å². The number of allylic oxidation sites excluding steroid dienone is 4. The fraction of sp³-hybridized carbons (Fsp3) is 0.429. The van der Waals surface area contributed by atoms with E-state index in [9.17, 15) is 0 Å². The second-order valence-electron chi connectivity index (χ2n) is 1.50. The molecule has 0 spiro atoms. The summed E-state index contributed by atoms with van der Waals surface area (Å²) in [7, 11) is 3.75. The molecule has 1 aliphatic rings. The van der Waals surface area contributed by atoms with Crippen molar-refractivity contribution in [3.63, 3.8) is 0 Å². The molecule has 1 N–H and O–H groups in total. The monoisotopic (exact) mass is 228 g/mol. The van der Waals surface area contributed by atoms with Gasteiger partial charge < -0.3 is 30.1 Å². The Hall–Kier alpha value is 0.734. The zero-order chi connectivity index (χ0) is 6.24. The smallest absolute Gasteiger partial charge is 1.00 e. The summed E-state index contributed by atoms with van der Waals surface area (Å²) in [5.41, 5.74) is 0. The molecule has 0 amide bonds. The van der Waals surface area contributed by atoms with Crippen molar-refractivity contribution in [3.05, 3.63) is 24.3 Å². The normalized spacial score (nSPS) is 9.64. The molecule has 0 aliphatic heterocycles. The Labute approximate surface area is 96.4 Å². The van der Waals surface area contributed by atoms with Gasteiger partial charge in [-0.1, -0.05) is 0 Å². The molecule has 0 atom stereocenters. The summed E-state index contributed by atoms with van der Waals surface area (Å²) in [5, 5.41) is 2.75. The van der Waals surface area contributed by atoms with Gasteiger partial charge in [-0.05, 0) is 14.1 Å². The molecule has 1 rings (SSSR count). The molecule has 0 aromatic carbocycles. The van der Waals surface area contributed by atoms with Gasteiger partial charge in [-0.25, -0.2) is 12.2 Å². The maximum Gasteiger partial charge on any atom is 3.00 e. The van der Waals surface area contributed by atoms with Gasteiger partial charge in [0.2, 0.25) is 0 Å². The van der Waals surface area contributed by atoms with Crippen LogP contribution in [-0.4, -0.2) is 14.1 Å². The van der Waals surface area contributed by atoms with Crippen molar-refractivity contribution in [2.75, 3.05) is 14.1 Å². The van der Waals surface area contributed by atoms with Crippen molar-refractivity contribution in [3.8, 4) is 0 Å². The quantitative estimate of drug-likeness (QED) is 0.324. The minimum atomic E-state index is 0. The minimum absolute atomic E-state index is 0. The van der Waals surface area contributed by atoms with E-state index in [1.54, 1.807) is 0 Å². The van der Waals surface area contributed by atoms with Crippen molar-refractivity contribution in [1.82, 2.24) is 5.32 Å². The Morgan fingerprint density at radius 3 is 1.82 bits per heavy atom. The average Bonchev–Trinajstić information content (AvgIpc) is 2.17. The Morgan fingerprint density at radius 1 is 1.27 bits per heavy atom. The van der Waals surface area contributed by atoms with Gasteiger partial charge in [-0.15, -0.1) is 6.42 Å². The number of nitrogens with one attached hydrogen (secondary N) is 1. The van der Waals surface area contributed by atoms with Crippen LogP contribution in [0.3, 0.4) is 0 Å². The predicted molar refractivity (Wildman–Crippen MR) is 36.6 cm³/mol. The summed E-state index contributed by atoms with van der Waals surface area (Å²) in [4.78, 5) is 0.